The summed E-state index contributed by atoms with van der Waals surface area (Å²) in [5.74, 6) is 0. The van der Waals surface area contributed by atoms with Gasteiger partial charge in [0.05, 0.1) is 31.0 Å². The van der Waals surface area contributed by atoms with E-state index in [9.17, 15) is 0 Å². The van der Waals surface area contributed by atoms with Gasteiger partial charge in [0, 0.05) is 166 Å². The number of aromatic nitrogens is 2. The molecule has 0 fully saturated rings. The second kappa shape index (κ2) is 71.8. The molecule has 13 aromatic rings. The molecule has 3 heterocycles. The molecule has 1 aliphatic rings. The summed E-state index contributed by atoms with van der Waals surface area (Å²) in [4.78, 5) is 6.74. The van der Waals surface area contributed by atoms with Crippen molar-refractivity contribution in [2.45, 2.75) is 215 Å². The summed E-state index contributed by atoms with van der Waals surface area (Å²) in [5.41, 5.74) is 22.1. The Bertz CT molecular complexity index is 5050. The number of fused-ring (bicyclic) bond motifs is 8. The van der Waals surface area contributed by atoms with Crippen molar-refractivity contribution >= 4 is 117 Å². The summed E-state index contributed by atoms with van der Waals surface area (Å²) in [6.07, 6.45) is 12.3. The number of anilines is 1. The fourth-order valence-electron chi connectivity index (χ4n) is 10.3. The van der Waals surface area contributed by atoms with E-state index in [0.29, 0.717) is 0 Å². The van der Waals surface area contributed by atoms with E-state index in [-0.39, 0.29) is 131 Å². The zero-order valence-electron chi connectivity index (χ0n) is 77.7. The molecule has 0 bridgehead atoms. The molecule has 0 unspecified atom stereocenters. The molecule has 10 aromatic carbocycles. The number of thiophene rings is 1. The predicted molar refractivity (Wildman–Crippen MR) is 518 cm³/mol. The normalized spacial score (nSPS) is 10.1. The molecule has 0 amide bonds. The number of hydrogen-bond acceptors (Lipinski definition) is 12. The summed E-state index contributed by atoms with van der Waals surface area (Å²) in [6.45, 7) is 62.5. The maximum atomic E-state index is 4.73. The number of hydrazone groups is 1. The average molecular weight is 1940 g/mol. The number of aryl methyl sites for hydroxylation is 9. The molecule has 0 aliphatic heterocycles. The first kappa shape index (κ1) is 121. The number of para-hydroxylation sites is 1. The van der Waals surface area contributed by atoms with Crippen LogP contribution in [0.2, 0.25) is 0 Å². The number of benzene rings is 10. The zero-order chi connectivity index (χ0) is 86.3. The molecule has 14 rings (SSSR count). The molecule has 0 saturated heterocycles. The van der Waals surface area contributed by atoms with Crippen molar-refractivity contribution in [3.63, 3.8) is 0 Å². The van der Waals surface area contributed by atoms with Gasteiger partial charge in [0.2, 0.25) is 9.93 Å². The largest absolute Gasteiger partial charge is 0.318 e. The van der Waals surface area contributed by atoms with Gasteiger partial charge in [-0.25, -0.2) is 25.4 Å². The quantitative estimate of drug-likeness (QED) is 0.0772. The van der Waals surface area contributed by atoms with E-state index >= 15 is 0 Å². The summed E-state index contributed by atoms with van der Waals surface area (Å²) < 4.78 is 5.73. The minimum atomic E-state index is 0. The molecule has 0 atom stereocenters. The van der Waals surface area contributed by atoms with Crippen LogP contribution in [0, 0.1) is 55.4 Å². The van der Waals surface area contributed by atoms with Gasteiger partial charge in [-0.15, -0.1) is 63.0 Å². The van der Waals surface area contributed by atoms with Crippen molar-refractivity contribution in [3.05, 3.63) is 300 Å². The van der Waals surface area contributed by atoms with Gasteiger partial charge in [0.25, 0.3) is 0 Å². The van der Waals surface area contributed by atoms with Gasteiger partial charge in [0.1, 0.15) is 5.71 Å². The van der Waals surface area contributed by atoms with Crippen molar-refractivity contribution in [2.75, 3.05) is 12.1 Å². The summed E-state index contributed by atoms with van der Waals surface area (Å²) in [6, 6.07) is 73.0. The van der Waals surface area contributed by atoms with Gasteiger partial charge in [0.15, 0.2) is 0 Å². The third-order valence-corrected chi connectivity index (χ3v) is 19.1. The third-order valence-electron chi connectivity index (χ3n) is 15.6. The third kappa shape index (κ3) is 38.3. The van der Waals surface area contributed by atoms with E-state index in [2.05, 4.69) is 304 Å². The molecule has 1 aliphatic carbocycles. The Morgan fingerprint density at radius 2 is 0.737 bits per heavy atom. The van der Waals surface area contributed by atoms with E-state index in [4.69, 9.17) is 4.98 Å². The molecule has 3 aromatic heterocycles. The molecule has 0 saturated carbocycles. The number of thiazole rings is 2. The van der Waals surface area contributed by atoms with Crippen LogP contribution in [0.25, 0.3) is 52.4 Å². The van der Waals surface area contributed by atoms with Crippen molar-refractivity contribution < 1.29 is 131 Å². The first-order valence-corrected chi connectivity index (χ1v) is 43.6. The van der Waals surface area contributed by atoms with Gasteiger partial charge in [-0.05, 0) is 84.0 Å². The Labute approximate surface area is 827 Å². The smallest absolute Gasteiger partial charge is 0.210 e. The Morgan fingerprint density at radius 3 is 1.18 bits per heavy atom. The van der Waals surface area contributed by atoms with Crippen LogP contribution in [0.15, 0.2) is 248 Å². The molecule has 4 radical (unpaired) electrons. The van der Waals surface area contributed by atoms with E-state index in [1.54, 1.807) is 39.0 Å². The molecule has 0 spiro atoms. The fraction of sp³-hybridized carbons (Fsp3) is 0.327. The van der Waals surface area contributed by atoms with Crippen LogP contribution in [0.1, 0.15) is 242 Å². The monoisotopic (exact) mass is 1940 g/mol. The minimum Gasteiger partial charge on any atom is -0.318 e. The van der Waals surface area contributed by atoms with Gasteiger partial charge < -0.3 is 4.57 Å². The van der Waals surface area contributed by atoms with Crippen molar-refractivity contribution in [1.29, 1.82) is 0 Å². The standard InChI is InChI=1S/C22H17N2.C21H18N3S.C19H17N2S.C17H16N3S.11C2H6.4Y/c1-15-11-12-16(2)17(13-15)14-23-24-22-20-9-5-3-7-18(20)19-8-4-6-10-21(19)22;1-14-8-9-15(2)17(12-14)13-22-24(3)21-23-19-11-10-16-6-4-5-7-18(16)20(19)25-21;1-13-8-9-14(2)17(10-13)12-20-21-15(3)19-11-16-6-4-5-7-18(16)22-19;1-12-8-9-13(2)14(10-12)11-18-19-17-20(3)15-6-4-5-7-16(15)21-17;11*1-2;;;;/h3-13H,1-2H3;4-12H,1-3H3;4-11H,1-3H3;4-10H,1-3H3;11*1-2H3;;;;/q4*-1;;;;;;;;;;;;;;;/b;;21-15+;19-17-;;;;;;;;;;;;;;;. The van der Waals surface area contributed by atoms with E-state index < -0.39 is 0 Å². The molecular weight excluding hydrogens is 1810 g/mol. The van der Waals surface area contributed by atoms with Crippen LogP contribution in [0.3, 0.4) is 0 Å². The van der Waals surface area contributed by atoms with Gasteiger partial charge in [-0.3, -0.25) is 5.01 Å². The first-order valence-electron chi connectivity index (χ1n) is 41.2. The van der Waals surface area contributed by atoms with Crippen LogP contribution in [0.4, 0.5) is 5.13 Å². The number of nitrogens with zero attached hydrogens (tertiary/aromatic N) is 10. The van der Waals surface area contributed by atoms with Crippen LogP contribution < -0.4 is 9.81 Å². The van der Waals surface area contributed by atoms with Gasteiger partial charge in [-0.1, -0.05) is 364 Å². The van der Waals surface area contributed by atoms with E-state index in [1.165, 1.54) is 69.2 Å². The maximum Gasteiger partial charge on any atom is 0.210 e. The Kier molecular flexibility index (Phi) is 73.5. The summed E-state index contributed by atoms with van der Waals surface area (Å²) in [5, 5.41) is 36.5. The zero-order valence-corrected chi connectivity index (χ0v) is 91.5. The first-order chi connectivity index (χ1) is 55.6. The van der Waals surface area contributed by atoms with Gasteiger partial charge in [-0.2, -0.15) is 79.0 Å². The molecule has 118 heavy (non-hydrogen) atoms. The molecule has 10 nitrogen and oxygen atoms in total. The Morgan fingerprint density at radius 1 is 0.364 bits per heavy atom. The fourth-order valence-corrected chi connectivity index (χ4v) is 13.3. The van der Waals surface area contributed by atoms with Crippen LogP contribution >= 0.6 is 34.0 Å². The van der Waals surface area contributed by atoms with Crippen LogP contribution in [-0.4, -0.2) is 52.9 Å². The molecule has 622 valence electrons. The Hall–Kier alpha value is -5.76. The van der Waals surface area contributed by atoms with Crippen molar-refractivity contribution in [1.82, 2.24) is 9.55 Å². The van der Waals surface area contributed by atoms with Gasteiger partial charge >= 0.3 is 0 Å². The minimum absolute atomic E-state index is 0. The summed E-state index contributed by atoms with van der Waals surface area (Å²) in [7, 11) is 3.92. The molecule has 0 N–H and O–H groups in total. The predicted octanol–water partition coefficient (Wildman–Crippen LogP) is 30.6. The maximum absolute atomic E-state index is 4.73. The summed E-state index contributed by atoms with van der Waals surface area (Å²) >= 11 is 5.03. The van der Waals surface area contributed by atoms with Crippen molar-refractivity contribution in [3.8, 4) is 11.1 Å². The second-order valence-electron chi connectivity index (χ2n) is 22.7. The second-order valence-corrected chi connectivity index (χ2v) is 25.7. The van der Waals surface area contributed by atoms with Crippen LogP contribution in [0.5, 0.6) is 0 Å². The van der Waals surface area contributed by atoms with E-state index in [1.807, 2.05) is 202 Å². The average Bonchev–Trinajstić information content (AvgIpc) is 1.65. The topological polar surface area (TPSA) is 108 Å². The Balaban J connectivity index is -0.000000441. The molecule has 17 heteroatoms. The SMILES string of the molecule is C/C(=N\N=[C-]c1cc(C)ccc1C)c1cc2ccccc2s1.CC.CC.CC.CC.CC.CC.CC.CC.CC.CC.CC.Cc1ccc(C)c([C-]=N/N=c2\sc3ccccc3n2C)c1.Cc1ccc(C)c([C-]=NN(C)c2nc3ccc4ccccc4c3s2)c1.Cc1ccc(C)c([C-]=NN=C2c3ccccc3-c3ccccc32)c1.[Y].[Y].[Y].[Y]. The number of rotatable bonds is 10. The molecular formula is C101H134N10S3Y4-4. The van der Waals surface area contributed by atoms with E-state index in [0.717, 1.165) is 87.4 Å². The van der Waals surface area contributed by atoms with Crippen molar-refractivity contribution in [2.24, 2.45) is 42.8 Å². The van der Waals surface area contributed by atoms with Crippen LogP contribution in [-0.2, 0) is 138 Å². The number of hydrogen-bond donors (Lipinski definition) is 0.